The Bertz CT molecular complexity index is 1490. The topological polar surface area (TPSA) is 163 Å². The molecule has 180 valence electrons. The van der Waals surface area contributed by atoms with Crippen LogP contribution in [0, 0.1) is 0 Å². The molecule has 0 aliphatic carbocycles. The SMILES string of the molecule is CC(C)(CO)NS(=O)(=O)c1ccc2c(c1)oc(=O)c1cc(S(=O)(=O)NC(C)(C)CO)ccc12. The summed E-state index contributed by atoms with van der Waals surface area (Å²) in [6, 6.07) is 7.91. The molecule has 3 aromatic rings. The van der Waals surface area contributed by atoms with Gasteiger partial charge in [0.1, 0.15) is 5.58 Å². The summed E-state index contributed by atoms with van der Waals surface area (Å²) in [5.74, 6) is 0. The molecule has 0 atom stereocenters. The van der Waals surface area contributed by atoms with Gasteiger partial charge in [-0.2, -0.15) is 0 Å². The van der Waals surface area contributed by atoms with Gasteiger partial charge in [-0.25, -0.2) is 31.1 Å². The molecule has 0 radical (unpaired) electrons. The van der Waals surface area contributed by atoms with Gasteiger partial charge in [-0.1, -0.05) is 6.07 Å². The van der Waals surface area contributed by atoms with Crippen molar-refractivity contribution in [1.82, 2.24) is 9.44 Å². The van der Waals surface area contributed by atoms with Gasteiger partial charge in [0.2, 0.25) is 20.0 Å². The Kier molecular flexibility index (Phi) is 6.48. The lowest BCUT2D eigenvalue weighted by atomic mass is 10.1. The molecule has 33 heavy (non-hydrogen) atoms. The van der Waals surface area contributed by atoms with Gasteiger partial charge in [-0.3, -0.25) is 0 Å². The molecule has 0 bridgehead atoms. The first-order chi connectivity index (χ1) is 15.1. The van der Waals surface area contributed by atoms with Crippen molar-refractivity contribution in [3.63, 3.8) is 0 Å². The number of benzene rings is 2. The summed E-state index contributed by atoms with van der Waals surface area (Å²) in [6.45, 7) is 5.20. The van der Waals surface area contributed by atoms with Crippen LogP contribution in [0.3, 0.4) is 0 Å². The average molecular weight is 499 g/mol. The zero-order valence-electron chi connectivity index (χ0n) is 18.5. The smallest absolute Gasteiger partial charge is 0.344 e. The van der Waals surface area contributed by atoms with Crippen LogP contribution in [-0.4, -0.2) is 51.3 Å². The summed E-state index contributed by atoms with van der Waals surface area (Å²) in [4.78, 5) is 12.3. The zero-order chi connectivity index (χ0) is 24.8. The summed E-state index contributed by atoms with van der Waals surface area (Å²) in [6.07, 6.45) is 0. The molecule has 0 spiro atoms. The molecule has 0 aliphatic rings. The Morgan fingerprint density at radius 1 is 0.758 bits per heavy atom. The van der Waals surface area contributed by atoms with Crippen LogP contribution in [0.2, 0.25) is 0 Å². The second-order valence-corrected chi connectivity index (χ2v) is 12.4. The molecule has 3 rings (SSSR count). The fourth-order valence-corrected chi connectivity index (χ4v) is 5.99. The number of aliphatic hydroxyl groups is 2. The minimum Gasteiger partial charge on any atom is -0.422 e. The summed E-state index contributed by atoms with van der Waals surface area (Å²) < 4.78 is 60.7. The number of hydrogen-bond acceptors (Lipinski definition) is 8. The van der Waals surface area contributed by atoms with Gasteiger partial charge >= 0.3 is 5.63 Å². The summed E-state index contributed by atoms with van der Waals surface area (Å²) in [5.41, 5.74) is -3.04. The van der Waals surface area contributed by atoms with Crippen LogP contribution in [0.5, 0.6) is 0 Å². The van der Waals surface area contributed by atoms with Gasteiger partial charge in [0.25, 0.3) is 0 Å². The van der Waals surface area contributed by atoms with E-state index in [0.717, 1.165) is 0 Å². The second-order valence-electron chi connectivity index (χ2n) is 9.05. The van der Waals surface area contributed by atoms with Gasteiger partial charge in [0.15, 0.2) is 0 Å². The number of sulfonamides is 2. The number of aliphatic hydroxyl groups excluding tert-OH is 2. The van der Waals surface area contributed by atoms with E-state index >= 15 is 0 Å². The Morgan fingerprint density at radius 2 is 1.21 bits per heavy atom. The minimum absolute atomic E-state index is 0.00215. The van der Waals surface area contributed by atoms with Crippen molar-refractivity contribution in [2.24, 2.45) is 0 Å². The lowest BCUT2D eigenvalue weighted by molar-refractivity contribution is 0.208. The summed E-state index contributed by atoms with van der Waals surface area (Å²) in [5, 5.41) is 19.5. The maximum atomic E-state index is 12.7. The standard InChI is InChI=1S/C21H26N2O8S2/c1-20(2,11-24)22-32(27,28)13-5-7-15-16-8-6-14(33(29,30)23-21(3,4)12-25)10-18(16)31-19(26)17(15)9-13/h5-10,22-25H,11-12H2,1-4H3. The van der Waals surface area contributed by atoms with Crippen LogP contribution in [0.1, 0.15) is 27.7 Å². The molecule has 0 aliphatic heterocycles. The Balaban J connectivity index is 2.13. The molecule has 10 nitrogen and oxygen atoms in total. The molecule has 0 saturated heterocycles. The van der Waals surface area contributed by atoms with Crippen molar-refractivity contribution in [3.05, 3.63) is 46.8 Å². The highest BCUT2D eigenvalue weighted by atomic mass is 32.2. The average Bonchev–Trinajstić information content (AvgIpc) is 2.72. The van der Waals surface area contributed by atoms with Crippen molar-refractivity contribution >= 4 is 41.8 Å². The minimum atomic E-state index is -4.04. The lowest BCUT2D eigenvalue weighted by Gasteiger charge is -2.23. The van der Waals surface area contributed by atoms with Crippen molar-refractivity contribution < 1.29 is 31.5 Å². The molecule has 4 N–H and O–H groups in total. The van der Waals surface area contributed by atoms with Crippen LogP contribution >= 0.6 is 0 Å². The van der Waals surface area contributed by atoms with Gasteiger partial charge in [-0.15, -0.1) is 0 Å². The highest BCUT2D eigenvalue weighted by Crippen LogP contribution is 2.27. The molecule has 1 heterocycles. The third kappa shape index (κ3) is 5.26. The van der Waals surface area contributed by atoms with Crippen molar-refractivity contribution in [2.45, 2.75) is 48.6 Å². The van der Waals surface area contributed by atoms with Crippen molar-refractivity contribution in [1.29, 1.82) is 0 Å². The second kappa shape index (κ2) is 8.46. The number of nitrogens with one attached hydrogen (secondary N) is 2. The number of hydrogen-bond donors (Lipinski definition) is 4. The summed E-state index contributed by atoms with van der Waals surface area (Å²) >= 11 is 0. The van der Waals surface area contributed by atoms with Crippen molar-refractivity contribution in [2.75, 3.05) is 13.2 Å². The molecule has 0 fully saturated rings. The maximum Gasteiger partial charge on any atom is 0.344 e. The third-order valence-corrected chi connectivity index (χ3v) is 8.28. The maximum absolute atomic E-state index is 12.7. The van der Waals surface area contributed by atoms with E-state index in [4.69, 9.17) is 4.42 Å². The predicted octanol–water partition coefficient (Wildman–Crippen LogP) is 1.04. The molecular formula is C21H26N2O8S2. The monoisotopic (exact) mass is 498 g/mol. The quantitative estimate of drug-likeness (QED) is 0.264. The number of rotatable bonds is 8. The van der Waals surface area contributed by atoms with Crippen LogP contribution in [0.25, 0.3) is 21.7 Å². The van der Waals surface area contributed by atoms with Gasteiger partial charge in [0.05, 0.1) is 39.5 Å². The van der Waals surface area contributed by atoms with E-state index in [9.17, 15) is 31.8 Å². The Labute approximate surface area is 191 Å². The van der Waals surface area contributed by atoms with Crippen LogP contribution < -0.4 is 15.1 Å². The zero-order valence-corrected chi connectivity index (χ0v) is 20.2. The van der Waals surface area contributed by atoms with E-state index in [1.807, 2.05) is 0 Å². The van der Waals surface area contributed by atoms with Crippen LogP contribution in [-0.2, 0) is 20.0 Å². The predicted molar refractivity (Wildman–Crippen MR) is 123 cm³/mol. The largest absolute Gasteiger partial charge is 0.422 e. The first-order valence-corrected chi connectivity index (χ1v) is 12.9. The first-order valence-electron chi connectivity index (χ1n) is 9.91. The number of fused-ring (bicyclic) bond motifs is 3. The molecule has 0 amide bonds. The van der Waals surface area contributed by atoms with Gasteiger partial charge in [0, 0.05) is 16.8 Å². The fourth-order valence-electron chi connectivity index (χ4n) is 3.14. The fraction of sp³-hybridized carbons (Fsp3) is 0.381. The molecule has 1 aromatic heterocycles. The molecule has 0 unspecified atom stereocenters. The highest BCUT2D eigenvalue weighted by Gasteiger charge is 2.27. The first kappa shape index (κ1) is 25.3. The molecule has 2 aromatic carbocycles. The van der Waals surface area contributed by atoms with E-state index in [1.165, 1.54) is 64.1 Å². The Morgan fingerprint density at radius 3 is 1.70 bits per heavy atom. The van der Waals surface area contributed by atoms with Crippen LogP contribution in [0.4, 0.5) is 0 Å². The van der Waals surface area contributed by atoms with E-state index in [2.05, 4.69) is 9.44 Å². The third-order valence-electron chi connectivity index (χ3n) is 4.89. The van der Waals surface area contributed by atoms with E-state index < -0.39 is 50.0 Å². The molecule has 0 saturated carbocycles. The normalized spacial score (nSPS) is 13.6. The lowest BCUT2D eigenvalue weighted by Crippen LogP contribution is -2.46. The van der Waals surface area contributed by atoms with Crippen LogP contribution in [0.15, 0.2) is 55.4 Å². The highest BCUT2D eigenvalue weighted by molar-refractivity contribution is 7.89. The van der Waals surface area contributed by atoms with E-state index in [0.29, 0.717) is 10.8 Å². The van der Waals surface area contributed by atoms with E-state index in [1.54, 1.807) is 0 Å². The molecule has 12 heteroatoms. The van der Waals surface area contributed by atoms with E-state index in [-0.39, 0.29) is 20.8 Å². The van der Waals surface area contributed by atoms with Crippen molar-refractivity contribution in [3.8, 4) is 0 Å². The van der Waals surface area contributed by atoms with Gasteiger partial charge < -0.3 is 14.6 Å². The van der Waals surface area contributed by atoms with Gasteiger partial charge in [-0.05, 0) is 52.0 Å². The Hall–Kier alpha value is -2.35. The summed E-state index contributed by atoms with van der Waals surface area (Å²) in [7, 11) is -8.05. The molecular weight excluding hydrogens is 472 g/mol.